The lowest BCUT2D eigenvalue weighted by Crippen LogP contribution is -2.10. The minimum Gasteiger partial charge on any atom is -0.310 e. The van der Waals surface area contributed by atoms with Crippen molar-refractivity contribution in [2.75, 3.05) is 4.90 Å². The fraction of sp³-hybridized carbons (Fsp3) is 0. The zero-order chi connectivity index (χ0) is 29.7. The molecule has 0 fully saturated rings. The number of anilines is 3. The van der Waals surface area contributed by atoms with Gasteiger partial charge in [-0.2, -0.15) is 0 Å². The largest absolute Gasteiger partial charge is 0.310 e. The first kappa shape index (κ1) is 25.6. The van der Waals surface area contributed by atoms with Crippen LogP contribution in [0.1, 0.15) is 0 Å². The van der Waals surface area contributed by atoms with Crippen LogP contribution in [-0.2, 0) is 0 Å². The van der Waals surface area contributed by atoms with Crippen molar-refractivity contribution in [2.24, 2.45) is 0 Å². The monoisotopic (exact) mass is 571 g/mol. The second-order valence-corrected chi connectivity index (χ2v) is 11.8. The first-order valence-corrected chi connectivity index (χ1v) is 15.5. The van der Waals surface area contributed by atoms with Gasteiger partial charge in [-0.05, 0) is 101 Å². The Balaban J connectivity index is 1.31. The van der Waals surface area contributed by atoms with Gasteiger partial charge >= 0.3 is 0 Å². The van der Waals surface area contributed by atoms with Crippen LogP contribution in [0, 0.1) is 0 Å². The number of fused-ring (bicyclic) bond motifs is 8. The summed E-state index contributed by atoms with van der Waals surface area (Å²) in [5, 5.41) is 12.7. The van der Waals surface area contributed by atoms with E-state index in [1.54, 1.807) is 0 Å². The van der Waals surface area contributed by atoms with E-state index in [2.05, 4.69) is 181 Å². The van der Waals surface area contributed by atoms with Gasteiger partial charge in [0.05, 0.1) is 0 Å². The van der Waals surface area contributed by atoms with Crippen molar-refractivity contribution in [1.29, 1.82) is 0 Å². The molecule has 0 unspecified atom stereocenters. The Morgan fingerprint density at radius 2 is 0.844 bits per heavy atom. The van der Waals surface area contributed by atoms with Crippen LogP contribution in [0.4, 0.5) is 17.1 Å². The van der Waals surface area contributed by atoms with E-state index in [0.717, 1.165) is 17.1 Å². The molecule has 0 N–H and O–H groups in total. The summed E-state index contributed by atoms with van der Waals surface area (Å²) in [6.45, 7) is 0. The van der Waals surface area contributed by atoms with Crippen LogP contribution < -0.4 is 4.90 Å². The van der Waals surface area contributed by atoms with Gasteiger partial charge in [-0.1, -0.05) is 140 Å². The van der Waals surface area contributed by atoms with Crippen molar-refractivity contribution >= 4 is 70.9 Å². The Labute approximate surface area is 262 Å². The fourth-order valence-corrected chi connectivity index (χ4v) is 6.99. The molecule has 0 saturated heterocycles. The quantitative estimate of drug-likeness (QED) is 0.190. The molecule has 45 heavy (non-hydrogen) atoms. The summed E-state index contributed by atoms with van der Waals surface area (Å²) >= 11 is 0. The molecule has 0 aliphatic heterocycles. The lowest BCUT2D eigenvalue weighted by Gasteiger charge is -2.27. The summed E-state index contributed by atoms with van der Waals surface area (Å²) in [7, 11) is 0. The molecule has 0 aromatic heterocycles. The third-order valence-corrected chi connectivity index (χ3v) is 9.17. The van der Waals surface area contributed by atoms with E-state index in [0.29, 0.717) is 0 Å². The number of nitrogens with zero attached hydrogens (tertiary/aromatic N) is 1. The SMILES string of the molecule is c1ccc(-c2cccc(N(c3ccc4ccccc4c3)c3ccc4ccc5ccc6c7ccccc7ccc6c5c4c3)c2)cc1. The third-order valence-electron chi connectivity index (χ3n) is 9.17. The molecule has 0 spiro atoms. The van der Waals surface area contributed by atoms with Gasteiger partial charge in [0.2, 0.25) is 0 Å². The average Bonchev–Trinajstić information content (AvgIpc) is 3.11. The molecule has 9 aromatic carbocycles. The number of rotatable bonds is 4. The highest BCUT2D eigenvalue weighted by Gasteiger charge is 2.16. The van der Waals surface area contributed by atoms with Gasteiger partial charge in [-0.3, -0.25) is 0 Å². The summed E-state index contributed by atoms with van der Waals surface area (Å²) in [5.41, 5.74) is 5.80. The lowest BCUT2D eigenvalue weighted by molar-refractivity contribution is 1.29. The van der Waals surface area contributed by atoms with Crippen molar-refractivity contribution in [3.8, 4) is 11.1 Å². The van der Waals surface area contributed by atoms with Crippen molar-refractivity contribution in [3.63, 3.8) is 0 Å². The topological polar surface area (TPSA) is 3.24 Å². The smallest absolute Gasteiger partial charge is 0.0468 e. The molecule has 0 bridgehead atoms. The normalized spacial score (nSPS) is 11.6. The van der Waals surface area contributed by atoms with Crippen LogP contribution in [0.25, 0.3) is 65.0 Å². The summed E-state index contributed by atoms with van der Waals surface area (Å²) in [4.78, 5) is 2.40. The standard InChI is InChI=1S/C44H29N/c1-2-9-30(10-3-1)36-14-8-15-37(27-36)45(38-23-19-31-11-4-5-13-35(31)28-38)39-24-20-33-17-18-34-22-25-41-40-16-7-6-12-32(40)21-26-42(41)44(34)43(33)29-39/h1-29H. The predicted octanol–water partition coefficient (Wildman–Crippen LogP) is 12.6. The highest BCUT2D eigenvalue weighted by Crippen LogP contribution is 2.41. The molecule has 210 valence electrons. The van der Waals surface area contributed by atoms with Gasteiger partial charge in [0, 0.05) is 17.1 Å². The van der Waals surface area contributed by atoms with Gasteiger partial charge < -0.3 is 4.90 Å². The molecule has 1 heteroatoms. The Morgan fingerprint density at radius 1 is 0.267 bits per heavy atom. The van der Waals surface area contributed by atoms with E-state index in [-0.39, 0.29) is 0 Å². The van der Waals surface area contributed by atoms with Crippen molar-refractivity contribution in [2.45, 2.75) is 0 Å². The van der Waals surface area contributed by atoms with Gasteiger partial charge in [0.1, 0.15) is 0 Å². The van der Waals surface area contributed by atoms with Gasteiger partial charge in [-0.25, -0.2) is 0 Å². The van der Waals surface area contributed by atoms with Crippen LogP contribution in [0.2, 0.25) is 0 Å². The molecule has 0 aliphatic carbocycles. The van der Waals surface area contributed by atoms with Crippen LogP contribution in [0.3, 0.4) is 0 Å². The van der Waals surface area contributed by atoms with E-state index in [1.165, 1.54) is 65.0 Å². The number of benzene rings is 9. The maximum absolute atomic E-state index is 2.40. The molecule has 0 saturated carbocycles. The Morgan fingerprint density at radius 3 is 1.73 bits per heavy atom. The molecular weight excluding hydrogens is 542 g/mol. The van der Waals surface area contributed by atoms with E-state index in [1.807, 2.05) is 0 Å². The van der Waals surface area contributed by atoms with Gasteiger partial charge in [-0.15, -0.1) is 0 Å². The van der Waals surface area contributed by atoms with Crippen molar-refractivity contribution in [1.82, 2.24) is 0 Å². The Kier molecular flexibility index (Phi) is 5.89. The Hall–Kier alpha value is -5.92. The zero-order valence-electron chi connectivity index (χ0n) is 24.7. The average molecular weight is 572 g/mol. The highest BCUT2D eigenvalue weighted by atomic mass is 15.1. The molecule has 0 heterocycles. The maximum atomic E-state index is 2.40. The molecule has 9 aromatic rings. The summed E-state index contributed by atoms with van der Waals surface area (Å²) in [6.07, 6.45) is 0. The van der Waals surface area contributed by atoms with Crippen LogP contribution in [-0.4, -0.2) is 0 Å². The van der Waals surface area contributed by atoms with E-state index >= 15 is 0 Å². The van der Waals surface area contributed by atoms with E-state index < -0.39 is 0 Å². The molecule has 0 radical (unpaired) electrons. The Bertz CT molecular complexity index is 2550. The summed E-state index contributed by atoms with van der Waals surface area (Å²) < 4.78 is 0. The van der Waals surface area contributed by atoms with Crippen molar-refractivity contribution < 1.29 is 0 Å². The molecule has 9 rings (SSSR count). The molecule has 1 nitrogen and oxygen atoms in total. The van der Waals surface area contributed by atoms with Gasteiger partial charge in [0.15, 0.2) is 0 Å². The number of hydrogen-bond acceptors (Lipinski definition) is 1. The minimum absolute atomic E-state index is 1.13. The molecule has 0 aliphatic rings. The van der Waals surface area contributed by atoms with E-state index in [4.69, 9.17) is 0 Å². The molecule has 0 amide bonds. The van der Waals surface area contributed by atoms with E-state index in [9.17, 15) is 0 Å². The first-order chi connectivity index (χ1) is 22.3. The summed E-state index contributed by atoms with van der Waals surface area (Å²) in [6, 6.07) is 64.1. The van der Waals surface area contributed by atoms with Gasteiger partial charge in [0.25, 0.3) is 0 Å². The zero-order valence-corrected chi connectivity index (χ0v) is 24.7. The second-order valence-electron chi connectivity index (χ2n) is 11.8. The highest BCUT2D eigenvalue weighted by molar-refractivity contribution is 6.25. The van der Waals surface area contributed by atoms with Crippen LogP contribution >= 0.6 is 0 Å². The molecule has 0 atom stereocenters. The second kappa shape index (κ2) is 10.4. The first-order valence-electron chi connectivity index (χ1n) is 15.5. The number of hydrogen-bond donors (Lipinski definition) is 0. The minimum atomic E-state index is 1.13. The summed E-state index contributed by atoms with van der Waals surface area (Å²) in [5.74, 6) is 0. The predicted molar refractivity (Wildman–Crippen MR) is 194 cm³/mol. The third kappa shape index (κ3) is 4.32. The van der Waals surface area contributed by atoms with Crippen LogP contribution in [0.5, 0.6) is 0 Å². The molecular formula is C44H29N. The lowest BCUT2D eigenvalue weighted by atomic mass is 9.93. The maximum Gasteiger partial charge on any atom is 0.0468 e. The van der Waals surface area contributed by atoms with Crippen LogP contribution in [0.15, 0.2) is 176 Å². The van der Waals surface area contributed by atoms with Crippen molar-refractivity contribution in [3.05, 3.63) is 176 Å². The fourth-order valence-electron chi connectivity index (χ4n) is 6.99.